The molecule has 0 radical (unpaired) electrons. The van der Waals surface area contributed by atoms with Gasteiger partial charge in [0.25, 0.3) is 0 Å². The number of carbonyl (C=O) groups excluding carboxylic acids is 1. The summed E-state index contributed by atoms with van der Waals surface area (Å²) < 4.78 is 46.7. The summed E-state index contributed by atoms with van der Waals surface area (Å²) in [5.41, 5.74) is -0.114. The summed E-state index contributed by atoms with van der Waals surface area (Å²) in [6.07, 6.45) is -0.157. The maximum absolute atomic E-state index is 13.3. The van der Waals surface area contributed by atoms with Crippen molar-refractivity contribution in [2.24, 2.45) is 7.05 Å². The molecule has 0 N–H and O–H groups in total. The molecule has 1 aromatic carbocycles. The standard InChI is InChI=1S/C21H25F3N4O2S/c1-26-6-5-25-20(26)31-17-12-18(19(29)27-7-9-30-10-8-27)28(14-17)13-15-3-2-4-16(11-15)21(22,23)24/h2-6,11,17-18H,7-10,12-14H2,1H3/t17-,18+/m1/s1. The van der Waals surface area contributed by atoms with E-state index in [0.29, 0.717) is 51.4 Å². The number of morpholine rings is 1. The Balaban J connectivity index is 1.53. The number of alkyl halides is 3. The third-order valence-electron chi connectivity index (χ3n) is 5.66. The van der Waals surface area contributed by atoms with Crippen LogP contribution in [0.5, 0.6) is 0 Å². The number of thioether (sulfide) groups is 1. The minimum absolute atomic E-state index is 0.0261. The molecule has 2 aliphatic heterocycles. The smallest absolute Gasteiger partial charge is 0.378 e. The molecule has 2 saturated heterocycles. The second-order valence-corrected chi connectivity index (χ2v) is 9.14. The number of benzene rings is 1. The summed E-state index contributed by atoms with van der Waals surface area (Å²) in [5.74, 6) is 0.0261. The molecule has 1 amide bonds. The van der Waals surface area contributed by atoms with Crippen molar-refractivity contribution >= 4 is 17.7 Å². The Bertz CT molecular complexity index is 914. The molecule has 4 rings (SSSR count). The van der Waals surface area contributed by atoms with E-state index >= 15 is 0 Å². The van der Waals surface area contributed by atoms with Crippen molar-refractivity contribution in [3.8, 4) is 0 Å². The van der Waals surface area contributed by atoms with E-state index in [1.165, 1.54) is 12.1 Å². The van der Waals surface area contributed by atoms with Gasteiger partial charge in [0.2, 0.25) is 5.91 Å². The number of hydrogen-bond donors (Lipinski definition) is 0. The van der Waals surface area contributed by atoms with Gasteiger partial charge in [0, 0.05) is 50.9 Å². The normalized spacial score (nSPS) is 22.8. The van der Waals surface area contributed by atoms with E-state index in [-0.39, 0.29) is 17.2 Å². The predicted octanol–water partition coefficient (Wildman–Crippen LogP) is 3.03. The van der Waals surface area contributed by atoms with Crippen LogP contribution in [0.25, 0.3) is 0 Å². The van der Waals surface area contributed by atoms with Crippen molar-refractivity contribution in [2.75, 3.05) is 32.8 Å². The molecular formula is C21H25F3N4O2S. The number of hydrogen-bond acceptors (Lipinski definition) is 5. The van der Waals surface area contributed by atoms with Crippen molar-refractivity contribution in [1.82, 2.24) is 19.4 Å². The number of carbonyl (C=O) groups is 1. The highest BCUT2D eigenvalue weighted by molar-refractivity contribution is 7.99. The molecule has 168 valence electrons. The molecule has 0 unspecified atom stereocenters. The monoisotopic (exact) mass is 454 g/mol. The Morgan fingerprint density at radius 3 is 2.74 bits per heavy atom. The van der Waals surface area contributed by atoms with Crippen LogP contribution in [-0.2, 0) is 29.3 Å². The van der Waals surface area contributed by atoms with E-state index in [1.807, 2.05) is 22.7 Å². The first-order chi connectivity index (χ1) is 14.8. The molecule has 0 bridgehead atoms. The van der Waals surface area contributed by atoms with Gasteiger partial charge in [-0.25, -0.2) is 4.98 Å². The molecular weight excluding hydrogens is 429 g/mol. The molecule has 6 nitrogen and oxygen atoms in total. The molecule has 10 heteroatoms. The van der Waals surface area contributed by atoms with Crippen LogP contribution in [0.3, 0.4) is 0 Å². The maximum atomic E-state index is 13.3. The fraction of sp³-hybridized carbons (Fsp3) is 0.524. The molecule has 2 aliphatic rings. The van der Waals surface area contributed by atoms with Gasteiger partial charge < -0.3 is 14.2 Å². The third-order valence-corrected chi connectivity index (χ3v) is 6.94. The third kappa shape index (κ3) is 5.24. The quantitative estimate of drug-likeness (QED) is 0.695. The molecule has 2 fully saturated rings. The number of ether oxygens (including phenoxy) is 1. The Morgan fingerprint density at radius 1 is 1.29 bits per heavy atom. The maximum Gasteiger partial charge on any atom is 0.416 e. The van der Waals surface area contributed by atoms with Gasteiger partial charge in [-0.2, -0.15) is 13.2 Å². The lowest BCUT2D eigenvalue weighted by Crippen LogP contribution is -2.49. The van der Waals surface area contributed by atoms with Crippen LogP contribution >= 0.6 is 11.8 Å². The lowest BCUT2D eigenvalue weighted by Gasteiger charge is -2.32. The van der Waals surface area contributed by atoms with Crippen LogP contribution in [0.15, 0.2) is 41.8 Å². The number of aryl methyl sites for hydroxylation is 1. The zero-order valence-electron chi connectivity index (χ0n) is 17.2. The molecule has 2 atom stereocenters. The van der Waals surface area contributed by atoms with Crippen LogP contribution in [0.2, 0.25) is 0 Å². The summed E-state index contributed by atoms with van der Waals surface area (Å²) in [7, 11) is 1.92. The number of likely N-dealkylation sites (tertiary alicyclic amines) is 1. The van der Waals surface area contributed by atoms with E-state index in [1.54, 1.807) is 28.9 Å². The van der Waals surface area contributed by atoms with Crippen LogP contribution < -0.4 is 0 Å². The van der Waals surface area contributed by atoms with Crippen molar-refractivity contribution in [3.05, 3.63) is 47.8 Å². The van der Waals surface area contributed by atoms with Crippen molar-refractivity contribution in [1.29, 1.82) is 0 Å². The highest BCUT2D eigenvalue weighted by atomic mass is 32.2. The highest BCUT2D eigenvalue weighted by Gasteiger charge is 2.40. The molecule has 0 aliphatic carbocycles. The molecule has 3 heterocycles. The van der Waals surface area contributed by atoms with E-state index < -0.39 is 11.7 Å². The van der Waals surface area contributed by atoms with Gasteiger partial charge in [0.15, 0.2) is 5.16 Å². The Hall–Kier alpha value is -2.04. The Labute approximate surface area is 183 Å². The SMILES string of the molecule is Cn1ccnc1S[C@@H]1C[C@@H](C(=O)N2CCOCC2)N(Cc2cccc(C(F)(F)F)c2)C1. The van der Waals surface area contributed by atoms with E-state index in [4.69, 9.17) is 4.74 Å². The van der Waals surface area contributed by atoms with Gasteiger partial charge in [-0.1, -0.05) is 30.0 Å². The number of amides is 1. The number of nitrogens with zero attached hydrogens (tertiary/aromatic N) is 4. The zero-order chi connectivity index (χ0) is 22.0. The molecule has 2 aromatic rings. The lowest BCUT2D eigenvalue weighted by molar-refractivity contribution is -0.140. The van der Waals surface area contributed by atoms with Crippen molar-refractivity contribution < 1.29 is 22.7 Å². The summed E-state index contributed by atoms with van der Waals surface area (Å²) in [5, 5.41) is 0.991. The lowest BCUT2D eigenvalue weighted by atomic mass is 10.1. The molecule has 31 heavy (non-hydrogen) atoms. The summed E-state index contributed by atoms with van der Waals surface area (Å²) in [6.45, 7) is 3.01. The van der Waals surface area contributed by atoms with E-state index in [0.717, 1.165) is 11.2 Å². The number of rotatable bonds is 5. The second-order valence-electron chi connectivity index (χ2n) is 7.88. The van der Waals surface area contributed by atoms with Crippen LogP contribution in [0.1, 0.15) is 17.5 Å². The summed E-state index contributed by atoms with van der Waals surface area (Å²) in [4.78, 5) is 21.4. The van der Waals surface area contributed by atoms with Gasteiger partial charge in [-0.15, -0.1) is 0 Å². The average Bonchev–Trinajstić information content (AvgIpc) is 3.34. The number of aromatic nitrogens is 2. The van der Waals surface area contributed by atoms with Gasteiger partial charge >= 0.3 is 6.18 Å². The van der Waals surface area contributed by atoms with Crippen molar-refractivity contribution in [3.63, 3.8) is 0 Å². The first-order valence-corrected chi connectivity index (χ1v) is 11.1. The molecule has 0 saturated carbocycles. The van der Waals surface area contributed by atoms with Crippen molar-refractivity contribution in [2.45, 2.75) is 35.6 Å². The first-order valence-electron chi connectivity index (χ1n) is 10.2. The largest absolute Gasteiger partial charge is 0.416 e. The summed E-state index contributed by atoms with van der Waals surface area (Å²) >= 11 is 1.61. The summed E-state index contributed by atoms with van der Waals surface area (Å²) in [6, 6.07) is 4.99. The second kappa shape index (κ2) is 9.22. The molecule has 1 aromatic heterocycles. The Morgan fingerprint density at radius 2 is 2.06 bits per heavy atom. The van der Waals surface area contributed by atoms with Crippen LogP contribution in [0.4, 0.5) is 13.2 Å². The first kappa shape index (κ1) is 22.2. The van der Waals surface area contributed by atoms with Gasteiger partial charge in [-0.3, -0.25) is 9.69 Å². The topological polar surface area (TPSA) is 50.6 Å². The van der Waals surface area contributed by atoms with Gasteiger partial charge in [-0.05, 0) is 18.1 Å². The van der Waals surface area contributed by atoms with Gasteiger partial charge in [0.1, 0.15) is 0 Å². The van der Waals surface area contributed by atoms with Gasteiger partial charge in [0.05, 0.1) is 24.8 Å². The minimum atomic E-state index is -4.39. The van der Waals surface area contributed by atoms with Crippen LogP contribution in [0, 0.1) is 0 Å². The van der Waals surface area contributed by atoms with E-state index in [2.05, 4.69) is 4.98 Å². The number of imidazole rings is 1. The fourth-order valence-corrected chi connectivity index (χ4v) is 5.26. The number of halogens is 3. The van der Waals surface area contributed by atoms with E-state index in [9.17, 15) is 18.0 Å². The fourth-order valence-electron chi connectivity index (χ4n) is 4.07. The average molecular weight is 455 g/mol. The highest BCUT2D eigenvalue weighted by Crippen LogP contribution is 2.35. The van der Waals surface area contributed by atoms with Crippen LogP contribution in [-0.4, -0.2) is 69.4 Å². The zero-order valence-corrected chi connectivity index (χ0v) is 18.0. The molecule has 0 spiro atoms. The predicted molar refractivity (Wildman–Crippen MR) is 111 cm³/mol. The minimum Gasteiger partial charge on any atom is -0.378 e. The Kier molecular flexibility index (Phi) is 6.59.